The maximum atomic E-state index is 13.9. The molecule has 1 aromatic carbocycles. The number of aliphatic hydroxyl groups is 1. The van der Waals surface area contributed by atoms with Crippen LogP contribution in [0.5, 0.6) is 5.75 Å². The lowest BCUT2D eigenvalue weighted by atomic mass is 10.1. The van der Waals surface area contributed by atoms with Crippen LogP contribution >= 0.6 is 0 Å². The van der Waals surface area contributed by atoms with Gasteiger partial charge in [-0.1, -0.05) is 0 Å². The topological polar surface area (TPSA) is 72.8 Å². The lowest BCUT2D eigenvalue weighted by Gasteiger charge is -2.33. The number of fused-ring (bicyclic) bond motifs is 1. The molecule has 1 saturated heterocycles. The summed E-state index contributed by atoms with van der Waals surface area (Å²) >= 11 is 0. The second-order valence-electron chi connectivity index (χ2n) is 6.18. The first kappa shape index (κ1) is 19.2. The molecule has 12 heteroatoms. The third-order valence-electron chi connectivity index (χ3n) is 4.16. The van der Waals surface area contributed by atoms with Crippen LogP contribution < -0.4 is 4.74 Å². The second-order valence-corrected chi connectivity index (χ2v) is 8.09. The van der Waals surface area contributed by atoms with E-state index in [1.807, 2.05) is 0 Å². The van der Waals surface area contributed by atoms with E-state index in [0.29, 0.717) is 6.07 Å². The summed E-state index contributed by atoms with van der Waals surface area (Å²) in [7, 11) is -5.98. The Morgan fingerprint density at radius 1 is 1.23 bits per heavy atom. The third-order valence-corrected chi connectivity index (χ3v) is 5.71. The molecule has 3 rings (SSSR count). The fourth-order valence-electron chi connectivity index (χ4n) is 2.76. The van der Waals surface area contributed by atoms with Gasteiger partial charge >= 0.3 is 5.51 Å². The van der Waals surface area contributed by atoms with Gasteiger partial charge in [-0.25, -0.2) is 21.6 Å². The second kappa shape index (κ2) is 5.73. The van der Waals surface area contributed by atoms with Gasteiger partial charge in [0, 0.05) is 17.5 Å². The molecule has 0 spiro atoms. The highest BCUT2D eigenvalue weighted by Crippen LogP contribution is 2.50. The molecule has 146 valence electrons. The molecular formula is C14H12F6O5S. The monoisotopic (exact) mass is 406 g/mol. The lowest BCUT2D eigenvalue weighted by Crippen LogP contribution is -2.50. The van der Waals surface area contributed by atoms with Crippen LogP contribution in [-0.2, 0) is 21.0 Å². The third kappa shape index (κ3) is 2.93. The van der Waals surface area contributed by atoms with E-state index in [9.17, 15) is 39.9 Å². The highest BCUT2D eigenvalue weighted by atomic mass is 32.2. The predicted molar refractivity (Wildman–Crippen MR) is 73.4 cm³/mol. The van der Waals surface area contributed by atoms with Crippen molar-refractivity contribution in [3.63, 3.8) is 0 Å². The van der Waals surface area contributed by atoms with Crippen LogP contribution in [0.1, 0.15) is 17.2 Å². The van der Waals surface area contributed by atoms with E-state index in [-0.39, 0.29) is 13.2 Å². The number of alkyl halides is 6. The quantitative estimate of drug-likeness (QED) is 0.778. The van der Waals surface area contributed by atoms with Crippen molar-refractivity contribution in [3.8, 4) is 5.75 Å². The maximum Gasteiger partial charge on any atom is 0.501 e. The van der Waals surface area contributed by atoms with Crippen molar-refractivity contribution in [3.05, 3.63) is 23.3 Å². The van der Waals surface area contributed by atoms with Crippen LogP contribution in [0.3, 0.4) is 0 Å². The molecule has 0 radical (unpaired) electrons. The number of benzene rings is 1. The van der Waals surface area contributed by atoms with E-state index in [2.05, 4.69) is 4.74 Å². The summed E-state index contributed by atoms with van der Waals surface area (Å²) in [4.78, 5) is -1.47. The highest BCUT2D eigenvalue weighted by molar-refractivity contribution is 7.92. The van der Waals surface area contributed by atoms with Crippen molar-refractivity contribution < 1.29 is 49.3 Å². The highest BCUT2D eigenvalue weighted by Gasteiger charge is 2.55. The van der Waals surface area contributed by atoms with Gasteiger partial charge in [0.25, 0.3) is 15.8 Å². The molecule has 0 bridgehead atoms. The van der Waals surface area contributed by atoms with Gasteiger partial charge in [0.15, 0.2) is 5.67 Å². The SMILES string of the molecule is O=S(=O)(c1ccc(OCC2(F)COC2)c2c1[C@H](O)C(F)(F)C2)C(F)(F)F. The molecule has 26 heavy (non-hydrogen) atoms. The van der Waals surface area contributed by atoms with E-state index in [0.717, 1.165) is 6.07 Å². The summed E-state index contributed by atoms with van der Waals surface area (Å²) in [6.07, 6.45) is -4.00. The van der Waals surface area contributed by atoms with Gasteiger partial charge in [0.2, 0.25) is 0 Å². The van der Waals surface area contributed by atoms with Crippen molar-refractivity contribution in [2.75, 3.05) is 19.8 Å². The Labute approximate surface area is 143 Å². The molecule has 1 atom stereocenters. The Hall–Kier alpha value is -1.53. The Morgan fingerprint density at radius 3 is 2.35 bits per heavy atom. The van der Waals surface area contributed by atoms with E-state index in [4.69, 9.17) is 4.74 Å². The molecule has 2 aliphatic rings. The van der Waals surface area contributed by atoms with Gasteiger partial charge in [0.1, 0.15) is 18.5 Å². The molecule has 0 amide bonds. The number of ether oxygens (including phenoxy) is 2. The number of hydrogen-bond acceptors (Lipinski definition) is 5. The molecule has 5 nitrogen and oxygen atoms in total. The van der Waals surface area contributed by atoms with Crippen molar-refractivity contribution >= 4 is 9.84 Å². The zero-order valence-electron chi connectivity index (χ0n) is 12.8. The van der Waals surface area contributed by atoms with E-state index in [1.54, 1.807) is 0 Å². The summed E-state index contributed by atoms with van der Waals surface area (Å²) < 4.78 is 113. The first-order valence-electron chi connectivity index (χ1n) is 7.21. The minimum atomic E-state index is -5.98. The normalized spacial score (nSPS) is 24.0. The zero-order chi connectivity index (χ0) is 19.5. The summed E-state index contributed by atoms with van der Waals surface area (Å²) in [6, 6.07) is 1.16. The first-order valence-corrected chi connectivity index (χ1v) is 8.69. The Morgan fingerprint density at radius 2 is 1.85 bits per heavy atom. The Balaban J connectivity index is 2.07. The number of sulfone groups is 1. The van der Waals surface area contributed by atoms with Gasteiger partial charge in [-0.3, -0.25) is 0 Å². The van der Waals surface area contributed by atoms with Gasteiger partial charge < -0.3 is 14.6 Å². The molecule has 0 unspecified atom stereocenters. The van der Waals surface area contributed by atoms with E-state index < -0.39 is 67.8 Å². The van der Waals surface area contributed by atoms with Gasteiger partial charge in [-0.2, -0.15) is 13.2 Å². The minimum absolute atomic E-state index is 0.297. The summed E-state index contributed by atoms with van der Waals surface area (Å²) in [5.74, 6) is -4.31. The van der Waals surface area contributed by atoms with E-state index in [1.165, 1.54) is 0 Å². The lowest BCUT2D eigenvalue weighted by molar-refractivity contribution is -0.146. The molecule has 1 aliphatic carbocycles. The van der Waals surface area contributed by atoms with Crippen molar-refractivity contribution in [1.29, 1.82) is 0 Å². The molecule has 1 aromatic rings. The van der Waals surface area contributed by atoms with Gasteiger partial charge in [-0.05, 0) is 12.1 Å². The summed E-state index contributed by atoms with van der Waals surface area (Å²) in [5, 5.41) is 9.70. The van der Waals surface area contributed by atoms with Crippen LogP contribution in [0, 0.1) is 0 Å². The number of rotatable bonds is 4. The predicted octanol–water partition coefficient (Wildman–Crippen LogP) is 2.32. The van der Waals surface area contributed by atoms with Crippen LogP contribution in [0.4, 0.5) is 26.3 Å². The summed E-state index contributed by atoms with van der Waals surface area (Å²) in [6.45, 7) is -1.21. The average Bonchev–Trinajstić information content (AvgIpc) is 2.72. The average molecular weight is 406 g/mol. The Kier molecular flexibility index (Phi) is 4.24. The first-order chi connectivity index (χ1) is 11.8. The van der Waals surface area contributed by atoms with E-state index >= 15 is 0 Å². The Bertz CT molecular complexity index is 831. The molecule has 1 heterocycles. The van der Waals surface area contributed by atoms with Crippen LogP contribution in [-0.4, -0.2) is 50.4 Å². The van der Waals surface area contributed by atoms with Crippen molar-refractivity contribution in [1.82, 2.24) is 0 Å². The van der Waals surface area contributed by atoms with Gasteiger partial charge in [-0.15, -0.1) is 0 Å². The molecule has 1 N–H and O–H groups in total. The fraction of sp³-hybridized carbons (Fsp3) is 0.571. The standard InChI is InChI=1S/C14H12F6O5S/c15-12(4-24-5-12)6-25-8-1-2-9(26(22,23)14(18,19)20)10-7(8)3-13(16,17)11(10)21/h1-2,11,21H,3-6H2/t11-/m0/s1. The van der Waals surface area contributed by atoms with Gasteiger partial charge in [0.05, 0.1) is 18.1 Å². The molecule has 1 aliphatic heterocycles. The maximum absolute atomic E-state index is 13.9. The molecule has 0 aromatic heterocycles. The zero-order valence-corrected chi connectivity index (χ0v) is 13.6. The summed E-state index contributed by atoms with van der Waals surface area (Å²) in [5.41, 5.74) is -9.30. The number of hydrogen-bond donors (Lipinski definition) is 1. The largest absolute Gasteiger partial charge is 0.501 e. The van der Waals surface area contributed by atoms with Crippen molar-refractivity contribution in [2.45, 2.75) is 34.5 Å². The number of aliphatic hydroxyl groups excluding tert-OH is 1. The van der Waals surface area contributed by atoms with Crippen LogP contribution in [0.15, 0.2) is 17.0 Å². The fourth-order valence-corrected chi connectivity index (χ4v) is 3.78. The van der Waals surface area contributed by atoms with Crippen molar-refractivity contribution in [2.24, 2.45) is 0 Å². The van der Waals surface area contributed by atoms with Crippen LogP contribution in [0.2, 0.25) is 0 Å². The molecule has 0 saturated carbocycles. The molecular weight excluding hydrogens is 394 g/mol. The number of halogens is 6. The van der Waals surface area contributed by atoms with Crippen LogP contribution in [0.25, 0.3) is 0 Å². The smallest absolute Gasteiger partial charge is 0.490 e. The molecule has 1 fully saturated rings. The minimum Gasteiger partial charge on any atom is -0.490 e.